The number of amides is 2. The number of ether oxygens (including phenoxy) is 1. The van der Waals surface area contributed by atoms with Crippen LogP contribution in [-0.2, 0) is 9.53 Å². The molecule has 3 N–H and O–H groups in total. The van der Waals surface area contributed by atoms with Crippen molar-refractivity contribution >= 4 is 12.0 Å². The van der Waals surface area contributed by atoms with Crippen LogP contribution in [0.2, 0.25) is 0 Å². The first kappa shape index (κ1) is 16.1. The van der Waals surface area contributed by atoms with E-state index >= 15 is 0 Å². The number of rotatable bonds is 3. The first-order valence-corrected chi connectivity index (χ1v) is 7.79. The summed E-state index contributed by atoms with van der Waals surface area (Å²) in [5, 5.41) is 15.0. The van der Waals surface area contributed by atoms with Gasteiger partial charge in [-0.3, -0.25) is 4.79 Å². The Morgan fingerprint density at radius 1 is 1.14 bits per heavy atom. The van der Waals surface area contributed by atoms with Gasteiger partial charge in [-0.05, 0) is 46.0 Å². The number of carbonyl (C=O) groups is 2. The van der Waals surface area contributed by atoms with E-state index in [-0.39, 0.29) is 29.6 Å². The molecule has 1 aliphatic heterocycles. The van der Waals surface area contributed by atoms with Crippen molar-refractivity contribution in [3.05, 3.63) is 0 Å². The van der Waals surface area contributed by atoms with E-state index in [2.05, 4.69) is 10.6 Å². The van der Waals surface area contributed by atoms with Crippen molar-refractivity contribution in [3.8, 4) is 0 Å². The SMILES string of the molecule is CC1(C)CC(NC(=O)NC2CCCC(C(=O)O)C2)CCO1. The van der Waals surface area contributed by atoms with Gasteiger partial charge in [0.1, 0.15) is 0 Å². The van der Waals surface area contributed by atoms with E-state index in [4.69, 9.17) is 9.84 Å². The highest BCUT2D eigenvalue weighted by molar-refractivity contribution is 5.75. The fourth-order valence-corrected chi connectivity index (χ4v) is 3.31. The number of urea groups is 1. The van der Waals surface area contributed by atoms with Gasteiger partial charge in [-0.1, -0.05) is 6.42 Å². The molecular formula is C15H26N2O4. The zero-order valence-electron chi connectivity index (χ0n) is 12.9. The summed E-state index contributed by atoms with van der Waals surface area (Å²) in [4.78, 5) is 23.1. The topological polar surface area (TPSA) is 87.7 Å². The average Bonchev–Trinajstić information content (AvgIpc) is 2.37. The molecule has 2 rings (SSSR count). The molecule has 0 radical (unpaired) electrons. The van der Waals surface area contributed by atoms with Crippen LogP contribution in [-0.4, -0.2) is 41.4 Å². The third-order valence-electron chi connectivity index (χ3n) is 4.39. The van der Waals surface area contributed by atoms with Gasteiger partial charge in [-0.2, -0.15) is 0 Å². The summed E-state index contributed by atoms with van der Waals surface area (Å²) in [5.74, 6) is -1.08. The molecular weight excluding hydrogens is 272 g/mol. The van der Waals surface area contributed by atoms with Gasteiger partial charge in [0.15, 0.2) is 0 Å². The molecule has 2 amide bonds. The van der Waals surface area contributed by atoms with E-state index in [0.717, 1.165) is 25.7 Å². The number of aliphatic carboxylic acids is 1. The number of carbonyl (C=O) groups excluding carboxylic acids is 1. The second-order valence-corrected chi connectivity index (χ2v) is 6.81. The third-order valence-corrected chi connectivity index (χ3v) is 4.39. The van der Waals surface area contributed by atoms with Gasteiger partial charge in [0, 0.05) is 18.7 Å². The highest BCUT2D eigenvalue weighted by Gasteiger charge is 2.31. The lowest BCUT2D eigenvalue weighted by Gasteiger charge is -2.36. The van der Waals surface area contributed by atoms with Gasteiger partial charge >= 0.3 is 12.0 Å². The van der Waals surface area contributed by atoms with Gasteiger partial charge in [0.05, 0.1) is 11.5 Å². The van der Waals surface area contributed by atoms with Gasteiger partial charge in [0.2, 0.25) is 0 Å². The maximum absolute atomic E-state index is 12.1. The minimum Gasteiger partial charge on any atom is -0.481 e. The second kappa shape index (κ2) is 6.64. The first-order chi connectivity index (χ1) is 9.85. The normalized spacial score (nSPS) is 32.2. The molecule has 0 aromatic carbocycles. The molecule has 3 unspecified atom stereocenters. The van der Waals surface area contributed by atoms with Crippen LogP contribution in [0.15, 0.2) is 0 Å². The van der Waals surface area contributed by atoms with E-state index in [9.17, 15) is 9.59 Å². The number of hydrogen-bond donors (Lipinski definition) is 3. The lowest BCUT2D eigenvalue weighted by atomic mass is 9.86. The average molecular weight is 298 g/mol. The van der Waals surface area contributed by atoms with Crippen molar-refractivity contribution in [1.29, 1.82) is 0 Å². The van der Waals surface area contributed by atoms with Crippen LogP contribution in [0.25, 0.3) is 0 Å². The molecule has 1 saturated carbocycles. The summed E-state index contributed by atoms with van der Waals surface area (Å²) in [6, 6.07) is -0.103. The molecule has 1 aliphatic carbocycles. The fourth-order valence-electron chi connectivity index (χ4n) is 3.31. The summed E-state index contributed by atoms with van der Waals surface area (Å²) < 4.78 is 5.63. The molecule has 1 heterocycles. The highest BCUT2D eigenvalue weighted by atomic mass is 16.5. The number of carboxylic acid groups (broad SMARTS) is 1. The molecule has 1 saturated heterocycles. The molecule has 0 spiro atoms. The van der Waals surface area contributed by atoms with Crippen LogP contribution in [0.5, 0.6) is 0 Å². The summed E-state index contributed by atoms with van der Waals surface area (Å²) in [5.41, 5.74) is -0.199. The van der Waals surface area contributed by atoms with Gasteiger partial charge < -0.3 is 20.5 Å². The lowest BCUT2D eigenvalue weighted by molar-refractivity contribution is -0.143. The first-order valence-electron chi connectivity index (χ1n) is 7.79. The molecule has 3 atom stereocenters. The van der Waals surface area contributed by atoms with Crippen molar-refractivity contribution < 1.29 is 19.4 Å². The maximum Gasteiger partial charge on any atom is 0.315 e. The second-order valence-electron chi connectivity index (χ2n) is 6.81. The molecule has 0 aromatic rings. The Hall–Kier alpha value is -1.30. The summed E-state index contributed by atoms with van der Waals surface area (Å²) >= 11 is 0. The standard InChI is InChI=1S/C15H26N2O4/c1-15(2)9-12(6-7-21-15)17-14(20)16-11-5-3-4-10(8-11)13(18)19/h10-12H,3-9H2,1-2H3,(H,18,19)(H2,16,17,20). The molecule has 0 aromatic heterocycles. The molecule has 6 heteroatoms. The molecule has 2 aliphatic rings. The molecule has 6 nitrogen and oxygen atoms in total. The molecule has 120 valence electrons. The van der Waals surface area contributed by atoms with Crippen molar-refractivity contribution in [2.24, 2.45) is 5.92 Å². The predicted octanol–water partition coefficient (Wildman–Crippen LogP) is 1.89. The zero-order valence-corrected chi connectivity index (χ0v) is 12.9. The zero-order chi connectivity index (χ0) is 15.5. The minimum atomic E-state index is -0.756. The molecule has 0 bridgehead atoms. The van der Waals surface area contributed by atoms with E-state index in [0.29, 0.717) is 19.4 Å². The van der Waals surface area contributed by atoms with Crippen LogP contribution in [0.1, 0.15) is 52.4 Å². The van der Waals surface area contributed by atoms with Gasteiger partial charge in [0.25, 0.3) is 0 Å². The Morgan fingerprint density at radius 2 is 1.86 bits per heavy atom. The maximum atomic E-state index is 12.1. The van der Waals surface area contributed by atoms with E-state index in [1.165, 1.54) is 0 Å². The smallest absolute Gasteiger partial charge is 0.315 e. The Kier molecular flexibility index (Phi) is 5.08. The van der Waals surface area contributed by atoms with E-state index in [1.807, 2.05) is 13.8 Å². The van der Waals surface area contributed by atoms with Crippen molar-refractivity contribution in [2.45, 2.75) is 70.1 Å². The fraction of sp³-hybridized carbons (Fsp3) is 0.867. The van der Waals surface area contributed by atoms with Crippen LogP contribution in [0.3, 0.4) is 0 Å². The van der Waals surface area contributed by atoms with Crippen molar-refractivity contribution in [1.82, 2.24) is 10.6 Å². The Morgan fingerprint density at radius 3 is 2.52 bits per heavy atom. The van der Waals surface area contributed by atoms with Crippen molar-refractivity contribution in [3.63, 3.8) is 0 Å². The quantitative estimate of drug-likeness (QED) is 0.742. The number of nitrogens with one attached hydrogen (secondary N) is 2. The summed E-state index contributed by atoms with van der Waals surface area (Å²) in [6.07, 6.45) is 4.57. The van der Waals surface area contributed by atoms with E-state index < -0.39 is 5.97 Å². The van der Waals surface area contributed by atoms with Crippen LogP contribution in [0, 0.1) is 5.92 Å². The largest absolute Gasteiger partial charge is 0.481 e. The van der Waals surface area contributed by atoms with Crippen LogP contribution >= 0.6 is 0 Å². The lowest BCUT2D eigenvalue weighted by Crippen LogP contribution is -2.51. The Bertz CT molecular complexity index is 397. The monoisotopic (exact) mass is 298 g/mol. The number of hydrogen-bond acceptors (Lipinski definition) is 3. The van der Waals surface area contributed by atoms with Crippen LogP contribution in [0.4, 0.5) is 4.79 Å². The Balaban J connectivity index is 1.77. The van der Waals surface area contributed by atoms with Crippen molar-refractivity contribution in [2.75, 3.05) is 6.61 Å². The summed E-state index contributed by atoms with van der Waals surface area (Å²) in [6.45, 7) is 4.71. The minimum absolute atomic E-state index is 0.0345. The van der Waals surface area contributed by atoms with E-state index in [1.54, 1.807) is 0 Å². The highest BCUT2D eigenvalue weighted by Crippen LogP contribution is 2.25. The summed E-state index contributed by atoms with van der Waals surface area (Å²) in [7, 11) is 0. The molecule has 2 fully saturated rings. The predicted molar refractivity (Wildman–Crippen MR) is 78.1 cm³/mol. The number of carboxylic acids is 1. The molecule has 21 heavy (non-hydrogen) atoms. The van der Waals surface area contributed by atoms with Gasteiger partial charge in [-0.15, -0.1) is 0 Å². The van der Waals surface area contributed by atoms with Crippen LogP contribution < -0.4 is 10.6 Å². The Labute approximate surface area is 125 Å². The van der Waals surface area contributed by atoms with Gasteiger partial charge in [-0.25, -0.2) is 4.79 Å². The third kappa shape index (κ3) is 4.88.